The molecule has 0 aliphatic rings. The van der Waals surface area contributed by atoms with Crippen LogP contribution < -0.4 is 9.05 Å². The van der Waals surface area contributed by atoms with Gasteiger partial charge in [-0.2, -0.15) is 0 Å². The van der Waals surface area contributed by atoms with Crippen LogP contribution in [0, 0.1) is 20.8 Å². The molecule has 0 fully saturated rings. The number of aryl methyl sites for hydroxylation is 3. The van der Waals surface area contributed by atoms with E-state index < -0.39 is 5.60 Å². The maximum absolute atomic E-state index is 8.81. The summed E-state index contributed by atoms with van der Waals surface area (Å²) in [6, 6.07) is 43.3. The Labute approximate surface area is 309 Å². The minimum Gasteiger partial charge on any atom is -0.508 e. The standard InChI is InChI=1S/C21H23O2P.C14H15O2P.C7H8O.C2H6/c1-5-17(2)16-18(3)22-24-23-21(4,19-12-8-6-9-13-19)20-14-10-7-11-15-20;1-11-6-5-8-13(10-11)15-17-16-14-9-4-3-7-12(14)2;1-6-3-2-4-7(8)5-6;1-2/h5-16,24H,1,3H2,2,4H3;3-10,17H,1-2H3;2-5,8H,1H3;1-2H3/b17-16-;;;. The fourth-order valence-electron chi connectivity index (χ4n) is 4.39. The van der Waals surface area contributed by atoms with Crippen LogP contribution in [0.1, 0.15) is 55.5 Å². The molecule has 51 heavy (non-hydrogen) atoms. The zero-order valence-electron chi connectivity index (χ0n) is 30.9. The van der Waals surface area contributed by atoms with Crippen molar-refractivity contribution < 1.29 is 23.2 Å². The molecule has 0 aliphatic heterocycles. The van der Waals surface area contributed by atoms with Crippen molar-refractivity contribution in [2.75, 3.05) is 0 Å². The fraction of sp³-hybridized carbons (Fsp3) is 0.182. The predicted molar refractivity (Wildman–Crippen MR) is 219 cm³/mol. The number of hydrogen-bond donors (Lipinski definition) is 1. The Morgan fingerprint density at radius 1 is 0.686 bits per heavy atom. The lowest BCUT2D eigenvalue weighted by Crippen LogP contribution is -2.24. The lowest BCUT2D eigenvalue weighted by Gasteiger charge is -2.30. The quantitative estimate of drug-likeness (QED) is 0.0789. The van der Waals surface area contributed by atoms with E-state index in [0.717, 1.165) is 39.3 Å². The summed E-state index contributed by atoms with van der Waals surface area (Å²) in [4.78, 5) is 0. The van der Waals surface area contributed by atoms with E-state index >= 15 is 0 Å². The van der Waals surface area contributed by atoms with Crippen molar-refractivity contribution in [3.63, 3.8) is 0 Å². The van der Waals surface area contributed by atoms with Crippen LogP contribution in [0.4, 0.5) is 0 Å². The SMILES string of the molecule is C=C/C(C)=C\C(=C)OPOC(C)(c1ccccc1)c1ccccc1.CC.Cc1cccc(O)c1.Cc1cccc(OPOc2ccccc2C)c1. The van der Waals surface area contributed by atoms with Gasteiger partial charge in [0.15, 0.2) is 0 Å². The first-order valence-electron chi connectivity index (χ1n) is 16.8. The highest BCUT2D eigenvalue weighted by atomic mass is 31.1. The zero-order chi connectivity index (χ0) is 37.5. The number of para-hydroxylation sites is 1. The van der Waals surface area contributed by atoms with E-state index in [2.05, 4.69) is 44.3 Å². The number of phenolic OH excluding ortho intramolecular Hbond substituents is 1. The number of allylic oxidation sites excluding steroid dienone is 3. The highest BCUT2D eigenvalue weighted by Crippen LogP contribution is 2.40. The van der Waals surface area contributed by atoms with E-state index in [4.69, 9.17) is 23.2 Å². The van der Waals surface area contributed by atoms with Gasteiger partial charge in [0, 0.05) is 0 Å². The lowest BCUT2D eigenvalue weighted by atomic mass is 9.88. The lowest BCUT2D eigenvalue weighted by molar-refractivity contribution is 0.139. The van der Waals surface area contributed by atoms with Gasteiger partial charge in [-0.15, -0.1) is 0 Å². The summed E-state index contributed by atoms with van der Waals surface area (Å²) in [6.07, 6.45) is 3.60. The van der Waals surface area contributed by atoms with Gasteiger partial charge >= 0.3 is 0 Å². The predicted octanol–water partition coefficient (Wildman–Crippen LogP) is 13.1. The molecule has 5 aromatic carbocycles. The van der Waals surface area contributed by atoms with Crippen molar-refractivity contribution in [2.24, 2.45) is 0 Å². The van der Waals surface area contributed by atoms with Crippen LogP contribution in [0.25, 0.3) is 0 Å². The second-order valence-electron chi connectivity index (χ2n) is 11.3. The smallest absolute Gasteiger partial charge is 0.275 e. The Bertz CT molecular complexity index is 1710. The molecule has 7 heteroatoms. The first-order valence-corrected chi connectivity index (χ1v) is 18.4. The Balaban J connectivity index is 0.000000288. The van der Waals surface area contributed by atoms with Crippen LogP contribution >= 0.6 is 18.1 Å². The first-order chi connectivity index (χ1) is 24.6. The maximum Gasteiger partial charge on any atom is 0.275 e. The molecule has 2 unspecified atom stereocenters. The molecule has 0 aliphatic carbocycles. The Morgan fingerprint density at radius 3 is 1.75 bits per heavy atom. The molecular formula is C44H52O5P2. The third kappa shape index (κ3) is 15.8. The topological polar surface area (TPSA) is 57.2 Å². The van der Waals surface area contributed by atoms with E-state index in [-0.39, 0.29) is 18.1 Å². The summed E-state index contributed by atoms with van der Waals surface area (Å²) in [7, 11) is -0.183. The molecule has 0 bridgehead atoms. The van der Waals surface area contributed by atoms with E-state index in [1.807, 2.05) is 145 Å². The van der Waals surface area contributed by atoms with Gasteiger partial charge in [0.1, 0.15) is 28.6 Å². The molecule has 1 N–H and O–H groups in total. The normalized spacial score (nSPS) is 10.9. The van der Waals surface area contributed by atoms with Gasteiger partial charge in [0.05, 0.1) is 0 Å². The number of benzene rings is 5. The molecule has 0 aromatic heterocycles. The van der Waals surface area contributed by atoms with E-state index in [0.29, 0.717) is 11.5 Å². The second kappa shape index (κ2) is 23.7. The summed E-state index contributed by atoms with van der Waals surface area (Å²) in [5.74, 6) is 2.62. The summed E-state index contributed by atoms with van der Waals surface area (Å²) < 4.78 is 23.0. The van der Waals surface area contributed by atoms with Crippen LogP contribution in [-0.2, 0) is 14.6 Å². The molecule has 0 heterocycles. The molecule has 0 saturated heterocycles. The van der Waals surface area contributed by atoms with Crippen LogP contribution in [0.5, 0.6) is 17.2 Å². The highest BCUT2D eigenvalue weighted by molar-refractivity contribution is 7.27. The van der Waals surface area contributed by atoms with Crippen molar-refractivity contribution in [3.05, 3.63) is 198 Å². The summed E-state index contributed by atoms with van der Waals surface area (Å²) in [5, 5.41) is 8.81. The molecule has 268 valence electrons. The molecule has 5 rings (SSSR count). The molecule has 0 amide bonds. The van der Waals surface area contributed by atoms with Gasteiger partial charge in [0.25, 0.3) is 9.03 Å². The van der Waals surface area contributed by atoms with Crippen molar-refractivity contribution in [2.45, 2.75) is 54.1 Å². The van der Waals surface area contributed by atoms with Gasteiger partial charge in [-0.25, -0.2) is 0 Å². The molecule has 0 radical (unpaired) electrons. The van der Waals surface area contributed by atoms with Crippen molar-refractivity contribution in [3.8, 4) is 17.2 Å². The summed E-state index contributed by atoms with van der Waals surface area (Å²) in [6.45, 7) is 21.6. The zero-order valence-corrected chi connectivity index (χ0v) is 32.9. The van der Waals surface area contributed by atoms with E-state index in [9.17, 15) is 0 Å². The maximum atomic E-state index is 8.81. The van der Waals surface area contributed by atoms with Crippen LogP contribution in [0.3, 0.4) is 0 Å². The van der Waals surface area contributed by atoms with Crippen molar-refractivity contribution in [1.82, 2.24) is 0 Å². The molecule has 0 saturated carbocycles. The number of rotatable bonds is 12. The average molecular weight is 723 g/mol. The number of phenols is 1. The Kier molecular flexibility index (Phi) is 19.7. The minimum atomic E-state index is -0.585. The average Bonchev–Trinajstić information content (AvgIpc) is 3.14. The molecule has 5 aromatic rings. The first kappa shape index (κ1) is 42.5. The van der Waals surface area contributed by atoms with Gasteiger partial charge in [0.2, 0.25) is 9.03 Å². The van der Waals surface area contributed by atoms with Crippen molar-refractivity contribution >= 4 is 18.1 Å². The van der Waals surface area contributed by atoms with Gasteiger partial charge in [-0.05, 0) is 104 Å². The van der Waals surface area contributed by atoms with Gasteiger partial charge in [-0.3, -0.25) is 0 Å². The number of aromatic hydroxyl groups is 1. The second-order valence-corrected chi connectivity index (χ2v) is 12.5. The van der Waals surface area contributed by atoms with Crippen molar-refractivity contribution in [1.29, 1.82) is 0 Å². The van der Waals surface area contributed by atoms with E-state index in [1.165, 1.54) is 5.56 Å². The third-order valence-electron chi connectivity index (χ3n) is 7.17. The van der Waals surface area contributed by atoms with Gasteiger partial charge < -0.3 is 23.2 Å². The molecular weight excluding hydrogens is 670 g/mol. The fourth-order valence-corrected chi connectivity index (χ4v) is 5.58. The van der Waals surface area contributed by atoms with Crippen LogP contribution in [0.2, 0.25) is 0 Å². The summed E-state index contributed by atoms with van der Waals surface area (Å²) >= 11 is 0. The third-order valence-corrected chi connectivity index (χ3v) is 8.63. The largest absolute Gasteiger partial charge is 0.508 e. The monoisotopic (exact) mass is 722 g/mol. The highest BCUT2D eigenvalue weighted by Gasteiger charge is 2.30. The van der Waals surface area contributed by atoms with Crippen LogP contribution in [-0.4, -0.2) is 5.11 Å². The minimum absolute atomic E-state index is 0.0202. The molecule has 5 nitrogen and oxygen atoms in total. The Morgan fingerprint density at radius 2 is 1.24 bits per heavy atom. The molecule has 0 spiro atoms. The van der Waals surface area contributed by atoms with Crippen LogP contribution in [0.15, 0.2) is 170 Å². The molecule has 2 atom stereocenters. The Hall–Kier alpha value is -4.66. The van der Waals surface area contributed by atoms with Gasteiger partial charge in [-0.1, -0.05) is 136 Å². The number of hydrogen-bond acceptors (Lipinski definition) is 5. The van der Waals surface area contributed by atoms with E-state index in [1.54, 1.807) is 18.2 Å². The summed E-state index contributed by atoms with van der Waals surface area (Å²) in [5.41, 5.74) is 5.96.